The Labute approximate surface area is 167 Å². The van der Waals surface area contributed by atoms with Gasteiger partial charge in [0.05, 0.1) is 25.9 Å². The largest absolute Gasteiger partial charge is 0.492 e. The number of esters is 1. The van der Waals surface area contributed by atoms with E-state index in [2.05, 4.69) is 15.6 Å². The molecule has 0 aliphatic heterocycles. The average Bonchev–Trinajstić information content (AvgIpc) is 2.78. The van der Waals surface area contributed by atoms with E-state index < -0.39 is 16.8 Å². The number of nitrogens with one attached hydrogen (secondary N) is 2. The maximum Gasteiger partial charge on any atom is 0.360 e. The van der Waals surface area contributed by atoms with Crippen LogP contribution in [0.15, 0.2) is 52.2 Å². The van der Waals surface area contributed by atoms with Gasteiger partial charge in [-0.05, 0) is 18.1 Å². The van der Waals surface area contributed by atoms with Gasteiger partial charge in [0.25, 0.3) is 10.9 Å². The molecule has 0 bridgehead atoms. The summed E-state index contributed by atoms with van der Waals surface area (Å²) in [6, 6.07) is 11.1. The molecule has 2 aromatic carbocycles. The number of aromatic nitrogens is 1. The van der Waals surface area contributed by atoms with E-state index in [1.807, 2.05) is 37.3 Å². The summed E-state index contributed by atoms with van der Waals surface area (Å²) in [7, 11) is 2.61. The van der Waals surface area contributed by atoms with Crippen LogP contribution in [0.25, 0.3) is 0 Å². The maximum atomic E-state index is 12.2. The summed E-state index contributed by atoms with van der Waals surface area (Å²) in [5.74, 6) is -0.558. The summed E-state index contributed by atoms with van der Waals surface area (Å²) >= 11 is 0. The van der Waals surface area contributed by atoms with Gasteiger partial charge in [-0.3, -0.25) is 9.59 Å². The second kappa shape index (κ2) is 8.55. The van der Waals surface area contributed by atoms with E-state index in [1.165, 1.54) is 20.4 Å². The lowest BCUT2D eigenvalue weighted by molar-refractivity contribution is 0.0590. The molecule has 1 heterocycles. The van der Waals surface area contributed by atoms with Gasteiger partial charge in [-0.1, -0.05) is 37.3 Å². The highest BCUT2D eigenvalue weighted by molar-refractivity contribution is 5.93. The van der Waals surface area contributed by atoms with E-state index in [4.69, 9.17) is 9.47 Å². The maximum absolute atomic E-state index is 12.2. The van der Waals surface area contributed by atoms with Crippen LogP contribution < -0.4 is 26.2 Å². The van der Waals surface area contributed by atoms with Crippen molar-refractivity contribution in [3.8, 4) is 5.75 Å². The standard InChI is InChI=1S/C21H21N3O5/c1-4-13(12-8-6-5-7-9-12)23-15-16(19(26)18(15)25)24-14-10-11-22-17(20(14)28-2)21(27)29-3/h5-11,13,23H,4H2,1-3H3,(H,22,24). The van der Waals surface area contributed by atoms with Crippen molar-refractivity contribution in [2.24, 2.45) is 0 Å². The minimum Gasteiger partial charge on any atom is -0.492 e. The Hall–Kier alpha value is -3.68. The molecule has 0 radical (unpaired) electrons. The molecular weight excluding hydrogens is 374 g/mol. The summed E-state index contributed by atoms with van der Waals surface area (Å²) in [4.78, 5) is 40.3. The minimum atomic E-state index is -0.677. The van der Waals surface area contributed by atoms with Gasteiger partial charge in [0.1, 0.15) is 11.4 Å². The number of anilines is 3. The van der Waals surface area contributed by atoms with E-state index >= 15 is 0 Å². The van der Waals surface area contributed by atoms with Crippen molar-refractivity contribution < 1.29 is 14.3 Å². The first kappa shape index (κ1) is 20.1. The van der Waals surface area contributed by atoms with Gasteiger partial charge in [-0.25, -0.2) is 9.78 Å². The van der Waals surface area contributed by atoms with Crippen LogP contribution in [0.2, 0.25) is 0 Å². The highest BCUT2D eigenvalue weighted by atomic mass is 16.5. The Balaban J connectivity index is 1.93. The SMILES string of the molecule is CCC(Nc1c(Nc2ccnc(C(=O)OC)c2OC)c(=O)c1=O)c1ccccc1. The number of hydrogen-bond acceptors (Lipinski definition) is 8. The first-order chi connectivity index (χ1) is 14.0. The molecule has 2 N–H and O–H groups in total. The summed E-state index contributed by atoms with van der Waals surface area (Å²) in [6.45, 7) is 1.98. The van der Waals surface area contributed by atoms with Crippen molar-refractivity contribution in [1.82, 2.24) is 4.98 Å². The predicted molar refractivity (Wildman–Crippen MR) is 110 cm³/mol. The van der Waals surface area contributed by atoms with Crippen LogP contribution in [0, 0.1) is 0 Å². The molecule has 0 amide bonds. The van der Waals surface area contributed by atoms with Crippen molar-refractivity contribution in [3.63, 3.8) is 0 Å². The Morgan fingerprint density at radius 1 is 1.07 bits per heavy atom. The molecule has 1 unspecified atom stereocenters. The molecular formula is C21H21N3O5. The third-order valence-corrected chi connectivity index (χ3v) is 4.59. The van der Waals surface area contributed by atoms with Crippen LogP contribution in [0.4, 0.5) is 17.1 Å². The second-order valence-corrected chi connectivity index (χ2v) is 6.28. The number of carbonyl (C=O) groups excluding carboxylic acids is 1. The number of methoxy groups -OCH3 is 2. The molecule has 3 aromatic rings. The van der Waals surface area contributed by atoms with Crippen LogP contribution in [-0.4, -0.2) is 25.2 Å². The third-order valence-electron chi connectivity index (χ3n) is 4.59. The fourth-order valence-electron chi connectivity index (χ4n) is 3.06. The third kappa shape index (κ3) is 3.82. The Morgan fingerprint density at radius 3 is 2.38 bits per heavy atom. The first-order valence-electron chi connectivity index (χ1n) is 9.04. The number of ether oxygens (including phenoxy) is 2. The van der Waals surface area contributed by atoms with Crippen LogP contribution in [0.1, 0.15) is 35.4 Å². The number of carbonyl (C=O) groups is 1. The van der Waals surface area contributed by atoms with Gasteiger partial charge in [0, 0.05) is 6.20 Å². The first-order valence-corrected chi connectivity index (χ1v) is 9.04. The summed E-state index contributed by atoms with van der Waals surface area (Å²) < 4.78 is 9.97. The normalized spacial score (nSPS) is 11.7. The van der Waals surface area contributed by atoms with Crippen LogP contribution in [0.5, 0.6) is 5.75 Å². The van der Waals surface area contributed by atoms with Crippen molar-refractivity contribution in [2.75, 3.05) is 24.9 Å². The molecule has 0 aliphatic carbocycles. The molecule has 8 nitrogen and oxygen atoms in total. The number of pyridine rings is 1. The zero-order chi connectivity index (χ0) is 21.0. The zero-order valence-corrected chi connectivity index (χ0v) is 16.3. The Kier molecular flexibility index (Phi) is 5.92. The summed E-state index contributed by atoms with van der Waals surface area (Å²) in [6.07, 6.45) is 2.10. The Bertz CT molecular complexity index is 1090. The second-order valence-electron chi connectivity index (χ2n) is 6.28. The van der Waals surface area contributed by atoms with E-state index in [9.17, 15) is 14.4 Å². The van der Waals surface area contributed by atoms with E-state index in [0.717, 1.165) is 5.56 Å². The van der Waals surface area contributed by atoms with Crippen LogP contribution in [-0.2, 0) is 4.74 Å². The van der Waals surface area contributed by atoms with Crippen LogP contribution in [0.3, 0.4) is 0 Å². The average molecular weight is 395 g/mol. The topological polar surface area (TPSA) is 107 Å². The van der Waals surface area contributed by atoms with E-state index in [-0.39, 0.29) is 28.9 Å². The van der Waals surface area contributed by atoms with Gasteiger partial charge in [-0.15, -0.1) is 0 Å². The molecule has 1 aromatic heterocycles. The molecule has 29 heavy (non-hydrogen) atoms. The molecule has 3 rings (SSSR count). The number of nitrogens with zero attached hydrogens (tertiary/aromatic N) is 1. The van der Waals surface area contributed by atoms with Crippen molar-refractivity contribution in [3.05, 3.63) is 74.3 Å². The lowest BCUT2D eigenvalue weighted by Gasteiger charge is -2.22. The fourth-order valence-corrected chi connectivity index (χ4v) is 3.06. The number of rotatable bonds is 8. The van der Waals surface area contributed by atoms with Crippen molar-refractivity contribution in [2.45, 2.75) is 19.4 Å². The molecule has 0 saturated carbocycles. The van der Waals surface area contributed by atoms with Gasteiger partial charge in [0.2, 0.25) is 0 Å². The molecule has 0 spiro atoms. The van der Waals surface area contributed by atoms with Crippen LogP contribution >= 0.6 is 0 Å². The lowest BCUT2D eigenvalue weighted by atomic mass is 10.0. The van der Waals surface area contributed by atoms with E-state index in [0.29, 0.717) is 12.1 Å². The van der Waals surface area contributed by atoms with Gasteiger partial charge in [0.15, 0.2) is 11.4 Å². The monoisotopic (exact) mass is 395 g/mol. The smallest absolute Gasteiger partial charge is 0.360 e. The van der Waals surface area contributed by atoms with Crippen molar-refractivity contribution in [1.29, 1.82) is 0 Å². The predicted octanol–water partition coefficient (Wildman–Crippen LogP) is 2.78. The van der Waals surface area contributed by atoms with Gasteiger partial charge < -0.3 is 20.1 Å². The number of benzene rings is 1. The minimum absolute atomic E-state index is 0.0380. The quantitative estimate of drug-likeness (QED) is 0.443. The van der Waals surface area contributed by atoms with Crippen molar-refractivity contribution >= 4 is 23.0 Å². The van der Waals surface area contributed by atoms with Gasteiger partial charge >= 0.3 is 5.97 Å². The molecule has 150 valence electrons. The highest BCUT2D eigenvalue weighted by Gasteiger charge is 2.26. The molecule has 0 fully saturated rings. The summed E-state index contributed by atoms with van der Waals surface area (Å²) in [5, 5.41) is 6.06. The number of hydrogen-bond donors (Lipinski definition) is 2. The zero-order valence-electron chi connectivity index (χ0n) is 16.3. The van der Waals surface area contributed by atoms with E-state index in [1.54, 1.807) is 6.07 Å². The van der Waals surface area contributed by atoms with Gasteiger partial charge in [-0.2, -0.15) is 0 Å². The molecule has 1 atom stereocenters. The summed E-state index contributed by atoms with van der Waals surface area (Å²) in [5.41, 5.74) is 0.365. The molecule has 0 saturated heterocycles. The lowest BCUT2D eigenvalue weighted by Crippen LogP contribution is -2.37. The molecule has 0 aliphatic rings. The molecule has 8 heteroatoms. The Morgan fingerprint density at radius 2 is 1.76 bits per heavy atom. The highest BCUT2D eigenvalue weighted by Crippen LogP contribution is 2.32. The fraction of sp³-hybridized carbons (Fsp3) is 0.238.